The van der Waals surface area contributed by atoms with E-state index < -0.39 is 0 Å². The Morgan fingerprint density at radius 2 is 2.05 bits per heavy atom. The number of ether oxygens (including phenoxy) is 1. The summed E-state index contributed by atoms with van der Waals surface area (Å²) in [6.45, 7) is 4.24. The minimum Gasteiger partial charge on any atom is -0.489 e. The molecule has 1 fully saturated rings. The van der Waals surface area contributed by atoms with Crippen LogP contribution in [0.1, 0.15) is 12.0 Å². The molecule has 0 bridgehead atoms. The van der Waals surface area contributed by atoms with Crippen LogP contribution in [-0.2, 0) is 11.4 Å². The van der Waals surface area contributed by atoms with Crippen molar-refractivity contribution in [1.82, 2.24) is 0 Å². The van der Waals surface area contributed by atoms with E-state index in [1.54, 1.807) is 0 Å². The Hall–Kier alpha value is -2.55. The Balaban J connectivity index is 1.58. The van der Waals surface area contributed by atoms with E-state index in [1.807, 2.05) is 60.7 Å². The Kier molecular flexibility index (Phi) is 4.24. The van der Waals surface area contributed by atoms with Gasteiger partial charge in [0.25, 0.3) is 0 Å². The van der Waals surface area contributed by atoms with Crippen LogP contribution in [0.3, 0.4) is 0 Å². The SMILES string of the molecule is C=C[C@@H]1C[C@@H]1C(=O)Nc1cccc(OCc2ccccc2)c1. The topological polar surface area (TPSA) is 38.3 Å². The van der Waals surface area contributed by atoms with Crippen molar-refractivity contribution in [3.8, 4) is 5.75 Å². The van der Waals surface area contributed by atoms with Gasteiger partial charge in [-0.2, -0.15) is 0 Å². The first-order valence-corrected chi connectivity index (χ1v) is 7.46. The van der Waals surface area contributed by atoms with E-state index in [2.05, 4.69) is 11.9 Å². The van der Waals surface area contributed by atoms with Crippen LogP contribution >= 0.6 is 0 Å². The molecule has 0 aliphatic heterocycles. The van der Waals surface area contributed by atoms with E-state index >= 15 is 0 Å². The second-order valence-electron chi connectivity index (χ2n) is 5.53. The van der Waals surface area contributed by atoms with E-state index in [4.69, 9.17) is 4.74 Å². The number of amides is 1. The van der Waals surface area contributed by atoms with Gasteiger partial charge in [0.1, 0.15) is 12.4 Å². The summed E-state index contributed by atoms with van der Waals surface area (Å²) < 4.78 is 5.77. The number of nitrogens with one attached hydrogen (secondary N) is 1. The number of carbonyl (C=O) groups is 1. The molecule has 0 heterocycles. The molecular weight excluding hydrogens is 274 g/mol. The van der Waals surface area contributed by atoms with Crippen molar-refractivity contribution >= 4 is 11.6 Å². The molecule has 3 nitrogen and oxygen atoms in total. The predicted octanol–water partition coefficient (Wildman–Crippen LogP) is 4.03. The number of allylic oxidation sites excluding steroid dienone is 1. The summed E-state index contributed by atoms with van der Waals surface area (Å²) >= 11 is 0. The van der Waals surface area contributed by atoms with Gasteiger partial charge in [0.05, 0.1) is 0 Å². The molecule has 1 amide bonds. The average Bonchev–Trinajstić information content (AvgIpc) is 3.34. The molecule has 0 aromatic heterocycles. The van der Waals surface area contributed by atoms with Crippen LogP contribution in [0.4, 0.5) is 5.69 Å². The quantitative estimate of drug-likeness (QED) is 0.817. The van der Waals surface area contributed by atoms with Crippen molar-refractivity contribution in [2.45, 2.75) is 13.0 Å². The van der Waals surface area contributed by atoms with Crippen LogP contribution in [0, 0.1) is 11.8 Å². The zero-order valence-corrected chi connectivity index (χ0v) is 12.4. The normalized spacial score (nSPS) is 19.3. The van der Waals surface area contributed by atoms with E-state index in [-0.39, 0.29) is 11.8 Å². The van der Waals surface area contributed by atoms with E-state index in [1.165, 1.54) is 0 Å². The number of rotatable bonds is 6. The molecule has 1 N–H and O–H groups in total. The molecule has 1 aliphatic rings. The van der Waals surface area contributed by atoms with Gasteiger partial charge in [-0.1, -0.05) is 42.5 Å². The van der Waals surface area contributed by atoms with Gasteiger partial charge in [-0.15, -0.1) is 6.58 Å². The molecule has 0 saturated heterocycles. The second kappa shape index (κ2) is 6.48. The molecule has 3 heteroatoms. The highest BCUT2D eigenvalue weighted by molar-refractivity contribution is 5.94. The van der Waals surface area contributed by atoms with E-state index in [9.17, 15) is 4.79 Å². The van der Waals surface area contributed by atoms with Gasteiger partial charge in [-0.05, 0) is 30.0 Å². The number of hydrogen-bond donors (Lipinski definition) is 1. The number of anilines is 1. The van der Waals surface area contributed by atoms with Crippen LogP contribution in [0.15, 0.2) is 67.3 Å². The largest absolute Gasteiger partial charge is 0.489 e. The van der Waals surface area contributed by atoms with Gasteiger partial charge in [0, 0.05) is 17.7 Å². The van der Waals surface area contributed by atoms with Crippen LogP contribution in [-0.4, -0.2) is 5.91 Å². The maximum Gasteiger partial charge on any atom is 0.228 e. The van der Waals surface area contributed by atoms with Gasteiger partial charge >= 0.3 is 0 Å². The molecule has 2 aromatic rings. The fourth-order valence-corrected chi connectivity index (χ4v) is 2.42. The van der Waals surface area contributed by atoms with Crippen molar-refractivity contribution in [1.29, 1.82) is 0 Å². The fourth-order valence-electron chi connectivity index (χ4n) is 2.42. The third-order valence-electron chi connectivity index (χ3n) is 3.83. The molecule has 112 valence electrons. The molecule has 2 aromatic carbocycles. The smallest absolute Gasteiger partial charge is 0.228 e. The first-order chi connectivity index (χ1) is 10.8. The molecular formula is C19H19NO2. The minimum absolute atomic E-state index is 0.0603. The number of carbonyl (C=O) groups excluding carboxylic acids is 1. The van der Waals surface area contributed by atoms with E-state index in [0.717, 1.165) is 23.4 Å². The Bertz CT molecular complexity index is 666. The summed E-state index contributed by atoms with van der Waals surface area (Å²) in [5.41, 5.74) is 1.88. The zero-order chi connectivity index (χ0) is 15.4. The maximum atomic E-state index is 12.0. The van der Waals surface area contributed by atoms with E-state index in [0.29, 0.717) is 12.5 Å². The maximum absolute atomic E-state index is 12.0. The summed E-state index contributed by atoms with van der Waals surface area (Å²) in [4.78, 5) is 12.0. The molecule has 0 spiro atoms. The van der Waals surface area contributed by atoms with Crippen LogP contribution in [0.5, 0.6) is 5.75 Å². The standard InChI is InChI=1S/C19H19NO2/c1-2-15-11-18(15)19(21)20-16-9-6-10-17(12-16)22-13-14-7-4-3-5-8-14/h2-10,12,15,18H,1,11,13H2,(H,20,21)/t15-,18+/m1/s1. The lowest BCUT2D eigenvalue weighted by Gasteiger charge is -2.09. The average molecular weight is 293 g/mol. The molecule has 22 heavy (non-hydrogen) atoms. The van der Waals surface area contributed by atoms with Crippen molar-refractivity contribution in [2.75, 3.05) is 5.32 Å². The van der Waals surface area contributed by atoms with Gasteiger partial charge in [0.15, 0.2) is 0 Å². The lowest BCUT2D eigenvalue weighted by Crippen LogP contribution is -2.14. The predicted molar refractivity (Wildman–Crippen MR) is 87.6 cm³/mol. The van der Waals surface area contributed by atoms with Gasteiger partial charge < -0.3 is 10.1 Å². The zero-order valence-electron chi connectivity index (χ0n) is 12.4. The molecule has 1 aliphatic carbocycles. The summed E-state index contributed by atoms with van der Waals surface area (Å²) in [5.74, 6) is 1.21. The van der Waals surface area contributed by atoms with Gasteiger partial charge in [-0.3, -0.25) is 4.79 Å². The molecule has 3 rings (SSSR count). The highest BCUT2D eigenvalue weighted by Crippen LogP contribution is 2.40. The van der Waals surface area contributed by atoms with Crippen molar-refractivity contribution < 1.29 is 9.53 Å². The van der Waals surface area contributed by atoms with Gasteiger partial charge in [-0.25, -0.2) is 0 Å². The summed E-state index contributed by atoms with van der Waals surface area (Å²) in [7, 11) is 0. The second-order valence-corrected chi connectivity index (χ2v) is 5.53. The summed E-state index contributed by atoms with van der Waals surface area (Å²) in [6, 6.07) is 17.5. The Labute approximate surface area is 130 Å². The lowest BCUT2D eigenvalue weighted by molar-refractivity contribution is -0.117. The molecule has 0 radical (unpaired) electrons. The van der Waals surface area contributed by atoms with Crippen molar-refractivity contribution in [3.05, 3.63) is 72.8 Å². The first-order valence-electron chi connectivity index (χ1n) is 7.46. The highest BCUT2D eigenvalue weighted by Gasteiger charge is 2.40. The Morgan fingerprint density at radius 3 is 2.77 bits per heavy atom. The molecule has 1 saturated carbocycles. The third-order valence-corrected chi connectivity index (χ3v) is 3.83. The van der Waals surface area contributed by atoms with Crippen LogP contribution < -0.4 is 10.1 Å². The number of hydrogen-bond acceptors (Lipinski definition) is 2. The monoisotopic (exact) mass is 293 g/mol. The van der Waals surface area contributed by atoms with Crippen LogP contribution in [0.2, 0.25) is 0 Å². The fraction of sp³-hybridized carbons (Fsp3) is 0.211. The third kappa shape index (κ3) is 3.55. The Morgan fingerprint density at radius 1 is 1.23 bits per heavy atom. The summed E-state index contributed by atoms with van der Waals surface area (Å²) in [5, 5.41) is 2.94. The first kappa shape index (κ1) is 14.4. The minimum atomic E-state index is 0.0603. The number of benzene rings is 2. The van der Waals surface area contributed by atoms with Crippen molar-refractivity contribution in [2.24, 2.45) is 11.8 Å². The van der Waals surface area contributed by atoms with Crippen molar-refractivity contribution in [3.63, 3.8) is 0 Å². The van der Waals surface area contributed by atoms with Gasteiger partial charge in [0.2, 0.25) is 5.91 Å². The molecule has 2 atom stereocenters. The highest BCUT2D eigenvalue weighted by atomic mass is 16.5. The summed E-state index contributed by atoms with van der Waals surface area (Å²) in [6.07, 6.45) is 2.75. The molecule has 0 unspecified atom stereocenters. The van der Waals surface area contributed by atoms with Crippen LogP contribution in [0.25, 0.3) is 0 Å². The lowest BCUT2D eigenvalue weighted by atomic mass is 10.2.